The van der Waals surface area contributed by atoms with Gasteiger partial charge in [-0.15, -0.1) is 0 Å². The van der Waals surface area contributed by atoms with Gasteiger partial charge in [0.2, 0.25) is 11.8 Å². The first-order valence-electron chi connectivity index (χ1n) is 13.5. The summed E-state index contributed by atoms with van der Waals surface area (Å²) < 4.78 is 17.9. The second kappa shape index (κ2) is 16.7. The normalized spacial score (nSPS) is 12.6. The Morgan fingerprint density at radius 1 is 1.05 bits per heavy atom. The van der Waals surface area contributed by atoms with E-state index in [0.29, 0.717) is 48.9 Å². The van der Waals surface area contributed by atoms with Crippen molar-refractivity contribution in [3.05, 3.63) is 57.9 Å². The van der Waals surface area contributed by atoms with Crippen molar-refractivity contribution in [2.24, 2.45) is 7.05 Å². The van der Waals surface area contributed by atoms with Crippen molar-refractivity contribution in [2.75, 3.05) is 44.8 Å². The lowest BCUT2D eigenvalue weighted by atomic mass is 10.2. The molecule has 0 aliphatic carbocycles. The number of rotatable bonds is 19. The molecule has 232 valence electrons. The third kappa shape index (κ3) is 10.3. The lowest BCUT2D eigenvalue weighted by molar-refractivity contribution is -0.396. The molecule has 0 unspecified atom stereocenters. The molecule has 43 heavy (non-hydrogen) atoms. The van der Waals surface area contributed by atoms with Crippen molar-refractivity contribution in [3.63, 3.8) is 0 Å². The Kier molecular flexibility index (Phi) is 12.7. The van der Waals surface area contributed by atoms with Crippen LogP contribution < -0.4 is 15.4 Å². The van der Waals surface area contributed by atoms with Gasteiger partial charge in [0.05, 0.1) is 39.2 Å². The molecule has 0 atom stereocenters. The number of hydrogen-bond acceptors (Lipinski definition) is 11. The van der Waals surface area contributed by atoms with Crippen molar-refractivity contribution < 1.29 is 43.4 Å². The summed E-state index contributed by atoms with van der Waals surface area (Å²) in [6, 6.07) is 4.82. The highest BCUT2D eigenvalue weighted by molar-refractivity contribution is 6.13. The maximum atomic E-state index is 12.5. The number of hydrogen-bond donors (Lipinski definition) is 3. The summed E-state index contributed by atoms with van der Waals surface area (Å²) in [5.41, 5.74) is 1.38. The molecule has 0 saturated heterocycles. The fourth-order valence-corrected chi connectivity index (χ4v) is 3.87. The lowest BCUT2D eigenvalue weighted by Crippen LogP contribution is -2.35. The lowest BCUT2D eigenvalue weighted by Gasteiger charge is -2.14. The van der Waals surface area contributed by atoms with E-state index < -0.39 is 16.7 Å². The van der Waals surface area contributed by atoms with E-state index in [2.05, 4.69) is 15.6 Å². The minimum atomic E-state index is -0.599. The van der Waals surface area contributed by atoms with E-state index in [4.69, 9.17) is 14.2 Å². The van der Waals surface area contributed by atoms with Gasteiger partial charge in [0.25, 0.3) is 11.8 Å². The maximum Gasteiger partial charge on any atom is 0.434 e. The monoisotopic (exact) mass is 602 g/mol. The minimum absolute atomic E-state index is 0.00904. The summed E-state index contributed by atoms with van der Waals surface area (Å²) in [4.78, 5) is 62.4. The van der Waals surface area contributed by atoms with Crippen LogP contribution in [0.1, 0.15) is 30.5 Å². The van der Waals surface area contributed by atoms with Crippen LogP contribution >= 0.6 is 0 Å². The van der Waals surface area contributed by atoms with Crippen molar-refractivity contribution >= 4 is 35.3 Å². The molecule has 1 aliphatic heterocycles. The van der Waals surface area contributed by atoms with Gasteiger partial charge >= 0.3 is 5.95 Å². The van der Waals surface area contributed by atoms with Crippen molar-refractivity contribution in [1.82, 2.24) is 19.8 Å². The number of nitro groups is 1. The molecule has 1 aromatic heterocycles. The van der Waals surface area contributed by atoms with E-state index in [0.717, 1.165) is 4.90 Å². The Hall–Kier alpha value is -4.67. The standard InChI is InChI=1S/C27H34N6O10/c1-31-20(16-29-27(31)33(39)40)18-43-22-5-4-19(17-34)15-21(22)30-24(36)3-2-11-41-13-14-42-12-9-28-23(35)8-10-32-25(37)6-7-26(32)38/h4-7,15-16,34H,2-3,8-14,17-18H2,1H3,(H,28,35)(H,30,36). The van der Waals surface area contributed by atoms with Gasteiger partial charge in [0, 0.05) is 44.7 Å². The number of nitrogens with one attached hydrogen (secondary N) is 2. The van der Waals surface area contributed by atoms with Gasteiger partial charge in [0.15, 0.2) is 5.69 Å². The van der Waals surface area contributed by atoms with Crippen molar-refractivity contribution in [1.29, 1.82) is 0 Å². The zero-order valence-electron chi connectivity index (χ0n) is 23.7. The molecule has 1 aromatic carbocycles. The maximum absolute atomic E-state index is 12.5. The zero-order valence-corrected chi connectivity index (χ0v) is 23.7. The second-order valence-electron chi connectivity index (χ2n) is 9.28. The molecule has 2 heterocycles. The number of imidazole rings is 1. The Balaban J connectivity index is 1.27. The molecule has 0 fully saturated rings. The highest BCUT2D eigenvalue weighted by atomic mass is 16.6. The zero-order chi connectivity index (χ0) is 31.2. The number of aromatic nitrogens is 2. The van der Waals surface area contributed by atoms with Crippen LogP contribution in [0.2, 0.25) is 0 Å². The summed E-state index contributed by atoms with van der Waals surface area (Å²) in [5, 5.41) is 25.9. The average molecular weight is 603 g/mol. The smallest absolute Gasteiger partial charge is 0.434 e. The number of ether oxygens (including phenoxy) is 3. The summed E-state index contributed by atoms with van der Waals surface area (Å²) in [6.07, 6.45) is 4.29. The Morgan fingerprint density at radius 2 is 1.77 bits per heavy atom. The number of carbonyl (C=O) groups excluding carboxylic acids is 4. The van der Waals surface area contributed by atoms with Crippen LogP contribution in [0.15, 0.2) is 36.5 Å². The Morgan fingerprint density at radius 3 is 2.44 bits per heavy atom. The van der Waals surface area contributed by atoms with Gasteiger partial charge in [-0.3, -0.25) is 24.1 Å². The summed E-state index contributed by atoms with van der Waals surface area (Å²) in [5.74, 6) is -1.43. The molecule has 1 aliphatic rings. The Labute approximate surface area is 246 Å². The van der Waals surface area contributed by atoms with E-state index in [1.807, 2.05) is 0 Å². The third-order valence-electron chi connectivity index (χ3n) is 6.20. The predicted molar refractivity (Wildman–Crippen MR) is 150 cm³/mol. The van der Waals surface area contributed by atoms with Crippen molar-refractivity contribution in [2.45, 2.75) is 32.5 Å². The molecule has 0 spiro atoms. The van der Waals surface area contributed by atoms with Crippen LogP contribution in [0, 0.1) is 10.1 Å². The number of nitrogens with zero attached hydrogens (tertiary/aromatic N) is 4. The number of benzene rings is 1. The van der Waals surface area contributed by atoms with Crippen LogP contribution in [0.5, 0.6) is 5.75 Å². The van der Waals surface area contributed by atoms with Crippen LogP contribution in [0.4, 0.5) is 11.6 Å². The van der Waals surface area contributed by atoms with E-state index >= 15 is 0 Å². The molecule has 3 rings (SSSR count). The molecule has 0 saturated carbocycles. The predicted octanol–water partition coefficient (Wildman–Crippen LogP) is 0.583. The van der Waals surface area contributed by atoms with Gasteiger partial charge in [-0.25, -0.2) is 4.57 Å². The molecule has 16 nitrogen and oxygen atoms in total. The quantitative estimate of drug-likeness (QED) is 0.0878. The first kappa shape index (κ1) is 32.8. The first-order chi connectivity index (χ1) is 20.7. The first-order valence-corrected chi connectivity index (χ1v) is 13.5. The number of carbonyl (C=O) groups is 4. The van der Waals surface area contributed by atoms with Gasteiger partial charge in [-0.05, 0) is 29.0 Å². The topological polar surface area (TPSA) is 204 Å². The fraction of sp³-hybridized carbons (Fsp3) is 0.444. The second-order valence-corrected chi connectivity index (χ2v) is 9.28. The SMILES string of the molecule is Cn1c(COc2ccc(CO)cc2NC(=O)CCCOCCOCCNC(=O)CCN2C(=O)C=CC2=O)cnc1[N+](=O)[O-]. The molecule has 3 N–H and O–H groups in total. The molecule has 0 bridgehead atoms. The number of imide groups is 1. The van der Waals surface area contributed by atoms with E-state index in [1.54, 1.807) is 18.2 Å². The summed E-state index contributed by atoms with van der Waals surface area (Å²) in [6.45, 7) is 1.19. The molecule has 2 aromatic rings. The van der Waals surface area contributed by atoms with Gasteiger partial charge in [-0.2, -0.15) is 0 Å². The van der Waals surface area contributed by atoms with E-state index in [1.165, 1.54) is 30.0 Å². The molecule has 16 heteroatoms. The Bertz CT molecular complexity index is 1320. The van der Waals surface area contributed by atoms with Crippen LogP contribution in [0.3, 0.4) is 0 Å². The highest BCUT2D eigenvalue weighted by Gasteiger charge is 2.23. The third-order valence-corrected chi connectivity index (χ3v) is 6.20. The van der Waals surface area contributed by atoms with Crippen LogP contribution in [-0.4, -0.2) is 87.6 Å². The fourth-order valence-electron chi connectivity index (χ4n) is 3.87. The van der Waals surface area contributed by atoms with E-state index in [-0.39, 0.29) is 63.5 Å². The minimum Gasteiger partial charge on any atom is -0.484 e. The summed E-state index contributed by atoms with van der Waals surface area (Å²) in [7, 11) is 1.50. The highest BCUT2D eigenvalue weighted by Crippen LogP contribution is 2.27. The number of amides is 4. The van der Waals surface area contributed by atoms with Gasteiger partial charge < -0.3 is 40.1 Å². The van der Waals surface area contributed by atoms with Gasteiger partial charge in [-0.1, -0.05) is 11.1 Å². The van der Waals surface area contributed by atoms with Crippen LogP contribution in [-0.2, 0) is 48.9 Å². The number of aliphatic hydroxyl groups is 1. The molecule has 0 radical (unpaired) electrons. The average Bonchev–Trinajstić information content (AvgIpc) is 3.52. The summed E-state index contributed by atoms with van der Waals surface area (Å²) >= 11 is 0. The molecular formula is C27H34N6O10. The van der Waals surface area contributed by atoms with Crippen LogP contribution in [0.25, 0.3) is 0 Å². The molecule has 4 amide bonds. The van der Waals surface area contributed by atoms with E-state index in [9.17, 15) is 34.4 Å². The number of anilines is 1. The van der Waals surface area contributed by atoms with Gasteiger partial charge in [0.1, 0.15) is 18.6 Å². The van der Waals surface area contributed by atoms with Crippen molar-refractivity contribution in [3.8, 4) is 5.75 Å². The number of aliphatic hydroxyl groups excluding tert-OH is 1. The largest absolute Gasteiger partial charge is 0.484 e. The molecular weight excluding hydrogens is 568 g/mol.